The molecule has 0 amide bonds. The zero-order valence-corrected chi connectivity index (χ0v) is 11.3. The van der Waals surface area contributed by atoms with Crippen molar-refractivity contribution in [2.45, 2.75) is 30.7 Å². The van der Waals surface area contributed by atoms with Crippen molar-refractivity contribution in [3.63, 3.8) is 0 Å². The first kappa shape index (κ1) is 13.8. The number of nitrogens with one attached hydrogen (secondary N) is 1. The fourth-order valence-corrected chi connectivity index (χ4v) is 3.46. The number of aromatic carboxylic acids is 1. The van der Waals surface area contributed by atoms with E-state index >= 15 is 0 Å². The van der Waals surface area contributed by atoms with Gasteiger partial charge in [-0.15, -0.1) is 0 Å². The standard InChI is InChI=1S/C12H16N2O4S/c1-2-7-6-10(7)14-19(17,18)11-4-3-8(12(15)16)5-9(11)13/h3-5,7,10,14H,2,6,13H2,1H3,(H,15,16). The van der Waals surface area contributed by atoms with Gasteiger partial charge in [0.25, 0.3) is 0 Å². The molecule has 19 heavy (non-hydrogen) atoms. The fourth-order valence-electron chi connectivity index (χ4n) is 2.03. The van der Waals surface area contributed by atoms with Crippen molar-refractivity contribution in [3.8, 4) is 0 Å². The Bertz CT molecular complexity index is 612. The maximum atomic E-state index is 12.1. The number of hydrogen-bond donors (Lipinski definition) is 3. The Morgan fingerprint density at radius 3 is 2.68 bits per heavy atom. The van der Waals surface area contributed by atoms with Gasteiger partial charge in [-0.3, -0.25) is 0 Å². The minimum atomic E-state index is -3.68. The van der Waals surface area contributed by atoms with E-state index < -0.39 is 16.0 Å². The molecule has 2 rings (SSSR count). The zero-order valence-electron chi connectivity index (χ0n) is 10.5. The van der Waals surface area contributed by atoms with Gasteiger partial charge in [-0.25, -0.2) is 17.9 Å². The molecular weight excluding hydrogens is 268 g/mol. The third-order valence-electron chi connectivity index (χ3n) is 3.30. The number of carboxylic acid groups (broad SMARTS) is 1. The first-order valence-electron chi connectivity index (χ1n) is 6.00. The topological polar surface area (TPSA) is 109 Å². The van der Waals surface area contributed by atoms with Crippen molar-refractivity contribution in [1.82, 2.24) is 4.72 Å². The van der Waals surface area contributed by atoms with Crippen molar-refractivity contribution in [3.05, 3.63) is 23.8 Å². The van der Waals surface area contributed by atoms with E-state index in [1.54, 1.807) is 0 Å². The van der Waals surface area contributed by atoms with E-state index in [-0.39, 0.29) is 22.2 Å². The van der Waals surface area contributed by atoms with Crippen LogP contribution in [0.15, 0.2) is 23.1 Å². The second-order valence-corrected chi connectivity index (χ2v) is 6.37. The van der Waals surface area contributed by atoms with Crippen molar-refractivity contribution < 1.29 is 18.3 Å². The molecule has 1 saturated carbocycles. The lowest BCUT2D eigenvalue weighted by Gasteiger charge is -2.09. The van der Waals surface area contributed by atoms with Crippen LogP contribution in [0.2, 0.25) is 0 Å². The van der Waals surface area contributed by atoms with Crippen molar-refractivity contribution >= 4 is 21.7 Å². The minimum absolute atomic E-state index is 0.0330. The van der Waals surface area contributed by atoms with Crippen LogP contribution in [0, 0.1) is 5.92 Å². The molecule has 0 bridgehead atoms. The Hall–Kier alpha value is -1.60. The predicted molar refractivity (Wildman–Crippen MR) is 70.3 cm³/mol. The van der Waals surface area contributed by atoms with Crippen LogP contribution in [-0.4, -0.2) is 25.5 Å². The predicted octanol–water partition coefficient (Wildman–Crippen LogP) is 1.04. The van der Waals surface area contributed by atoms with Crippen molar-refractivity contribution in [2.24, 2.45) is 5.92 Å². The average Bonchev–Trinajstić information content (AvgIpc) is 3.05. The molecule has 0 aliphatic heterocycles. The zero-order chi connectivity index (χ0) is 14.2. The summed E-state index contributed by atoms with van der Waals surface area (Å²) in [6, 6.07) is 3.58. The molecule has 1 fully saturated rings. The van der Waals surface area contributed by atoms with Gasteiger partial charge in [0.1, 0.15) is 4.90 Å². The summed E-state index contributed by atoms with van der Waals surface area (Å²) in [6.07, 6.45) is 1.77. The highest BCUT2D eigenvalue weighted by molar-refractivity contribution is 7.89. The summed E-state index contributed by atoms with van der Waals surface area (Å²) in [5.41, 5.74) is 5.54. The number of sulfonamides is 1. The minimum Gasteiger partial charge on any atom is -0.478 e. The van der Waals surface area contributed by atoms with E-state index in [0.29, 0.717) is 5.92 Å². The first-order valence-corrected chi connectivity index (χ1v) is 7.48. The summed E-state index contributed by atoms with van der Waals surface area (Å²) in [5, 5.41) is 8.80. The van der Waals surface area contributed by atoms with E-state index in [0.717, 1.165) is 18.9 Å². The Labute approximate surface area is 111 Å². The van der Waals surface area contributed by atoms with Crippen LogP contribution < -0.4 is 10.5 Å². The molecule has 1 aromatic rings. The Balaban J connectivity index is 2.23. The third-order valence-corrected chi connectivity index (χ3v) is 4.86. The maximum Gasteiger partial charge on any atom is 0.335 e. The molecule has 0 aromatic heterocycles. The molecule has 1 aromatic carbocycles. The molecule has 7 heteroatoms. The first-order chi connectivity index (χ1) is 8.85. The van der Waals surface area contributed by atoms with E-state index in [1.807, 2.05) is 6.92 Å². The normalized spacial score (nSPS) is 22.2. The van der Waals surface area contributed by atoms with Gasteiger partial charge >= 0.3 is 5.97 Å². The Kier molecular flexibility index (Phi) is 3.51. The fraction of sp³-hybridized carbons (Fsp3) is 0.417. The molecule has 0 spiro atoms. The SMILES string of the molecule is CCC1CC1NS(=O)(=O)c1ccc(C(=O)O)cc1N. The van der Waals surface area contributed by atoms with Crippen LogP contribution in [0.1, 0.15) is 30.1 Å². The van der Waals surface area contributed by atoms with E-state index in [4.69, 9.17) is 10.8 Å². The van der Waals surface area contributed by atoms with Gasteiger partial charge in [0, 0.05) is 6.04 Å². The molecule has 0 saturated heterocycles. The summed E-state index contributed by atoms with van der Waals surface area (Å²) in [4.78, 5) is 10.7. The highest BCUT2D eigenvalue weighted by Gasteiger charge is 2.39. The lowest BCUT2D eigenvalue weighted by atomic mass is 10.2. The monoisotopic (exact) mass is 284 g/mol. The van der Waals surface area contributed by atoms with Gasteiger partial charge in [0.05, 0.1) is 11.3 Å². The number of nitrogens with two attached hydrogens (primary N) is 1. The maximum absolute atomic E-state index is 12.1. The second-order valence-electron chi connectivity index (χ2n) is 4.69. The van der Waals surface area contributed by atoms with Crippen molar-refractivity contribution in [1.29, 1.82) is 0 Å². The summed E-state index contributed by atoms with van der Waals surface area (Å²) in [6.45, 7) is 2.01. The number of carboxylic acids is 1. The summed E-state index contributed by atoms with van der Waals surface area (Å²) >= 11 is 0. The molecule has 104 valence electrons. The van der Waals surface area contributed by atoms with Gasteiger partial charge in [-0.1, -0.05) is 13.3 Å². The molecule has 2 atom stereocenters. The third kappa shape index (κ3) is 2.87. The Morgan fingerprint density at radius 1 is 1.53 bits per heavy atom. The molecule has 0 heterocycles. The van der Waals surface area contributed by atoms with Crippen LogP contribution in [0.25, 0.3) is 0 Å². The molecule has 0 radical (unpaired) electrons. The lowest BCUT2D eigenvalue weighted by molar-refractivity contribution is 0.0697. The largest absolute Gasteiger partial charge is 0.478 e. The van der Waals surface area contributed by atoms with Crippen LogP contribution in [-0.2, 0) is 10.0 Å². The Morgan fingerprint density at radius 2 is 2.21 bits per heavy atom. The number of nitrogen functional groups attached to an aromatic ring is 1. The molecule has 1 aliphatic carbocycles. The van der Waals surface area contributed by atoms with Gasteiger partial charge in [-0.05, 0) is 30.5 Å². The molecule has 4 N–H and O–H groups in total. The van der Waals surface area contributed by atoms with Crippen LogP contribution in [0.3, 0.4) is 0 Å². The summed E-state index contributed by atoms with van der Waals surface area (Å²) in [7, 11) is -3.68. The van der Waals surface area contributed by atoms with Crippen LogP contribution >= 0.6 is 0 Å². The summed E-state index contributed by atoms with van der Waals surface area (Å²) in [5.74, 6) is -0.758. The number of carbonyl (C=O) groups is 1. The molecule has 1 aliphatic rings. The number of rotatable bonds is 5. The highest BCUT2D eigenvalue weighted by atomic mass is 32.2. The molecule has 2 unspecified atom stereocenters. The van der Waals surface area contributed by atoms with E-state index in [2.05, 4.69) is 4.72 Å². The molecular formula is C12H16N2O4S. The van der Waals surface area contributed by atoms with Gasteiger partial charge in [-0.2, -0.15) is 0 Å². The lowest BCUT2D eigenvalue weighted by Crippen LogP contribution is -2.27. The van der Waals surface area contributed by atoms with Crippen LogP contribution in [0.5, 0.6) is 0 Å². The number of benzene rings is 1. The van der Waals surface area contributed by atoms with Crippen molar-refractivity contribution in [2.75, 3.05) is 5.73 Å². The van der Waals surface area contributed by atoms with E-state index in [1.165, 1.54) is 12.1 Å². The second kappa shape index (κ2) is 4.82. The number of hydrogen-bond acceptors (Lipinski definition) is 4. The van der Waals surface area contributed by atoms with Gasteiger partial charge in [0.15, 0.2) is 0 Å². The quantitative estimate of drug-likeness (QED) is 0.700. The van der Waals surface area contributed by atoms with Gasteiger partial charge in [0.2, 0.25) is 10.0 Å². The highest BCUT2D eigenvalue weighted by Crippen LogP contribution is 2.34. The smallest absolute Gasteiger partial charge is 0.335 e. The van der Waals surface area contributed by atoms with E-state index in [9.17, 15) is 13.2 Å². The van der Waals surface area contributed by atoms with Crippen LogP contribution in [0.4, 0.5) is 5.69 Å². The van der Waals surface area contributed by atoms with Gasteiger partial charge < -0.3 is 10.8 Å². The number of anilines is 1. The summed E-state index contributed by atoms with van der Waals surface area (Å²) < 4.78 is 26.8. The average molecular weight is 284 g/mol. The molecule has 6 nitrogen and oxygen atoms in total.